The van der Waals surface area contributed by atoms with E-state index >= 15 is 0 Å². The largest absolute Gasteiger partial charge is 0.280 e. The Bertz CT molecular complexity index is 1000. The summed E-state index contributed by atoms with van der Waals surface area (Å²) in [6.45, 7) is 3.48. The molecule has 0 unspecified atom stereocenters. The molecule has 1 heterocycles. The minimum atomic E-state index is -3.71. The van der Waals surface area contributed by atoms with E-state index in [2.05, 4.69) is 14.7 Å². The molecule has 0 aliphatic rings. The molecule has 0 bridgehead atoms. The van der Waals surface area contributed by atoms with E-state index in [9.17, 15) is 8.42 Å². The number of aryl methyl sites for hydroxylation is 2. The molecule has 0 saturated carbocycles. The van der Waals surface area contributed by atoms with Crippen LogP contribution in [0.25, 0.3) is 11.0 Å². The lowest BCUT2D eigenvalue weighted by atomic mass is 10.2. The van der Waals surface area contributed by atoms with Crippen molar-refractivity contribution in [2.24, 2.45) is 0 Å². The number of nitrogens with zero attached hydrogens (tertiary/aromatic N) is 2. The molecular weight excluding hydrogens is 334 g/mol. The monoisotopic (exact) mass is 347 g/mol. The summed E-state index contributed by atoms with van der Waals surface area (Å²) in [7, 11) is -3.71. The van der Waals surface area contributed by atoms with Gasteiger partial charge in [0.15, 0.2) is 0 Å². The molecule has 3 aromatic rings. The number of benzene rings is 2. The van der Waals surface area contributed by atoms with Gasteiger partial charge in [-0.15, -0.1) is 0 Å². The zero-order valence-electron chi connectivity index (χ0n) is 12.5. The summed E-state index contributed by atoms with van der Waals surface area (Å²) < 4.78 is 27.8. The molecule has 0 aliphatic carbocycles. The number of fused-ring (bicyclic) bond motifs is 1. The van der Waals surface area contributed by atoms with Crippen molar-refractivity contribution in [1.29, 1.82) is 0 Å². The zero-order valence-corrected chi connectivity index (χ0v) is 14.1. The lowest BCUT2D eigenvalue weighted by molar-refractivity contribution is 0.600. The molecule has 3 rings (SSSR count). The van der Waals surface area contributed by atoms with E-state index in [1.54, 1.807) is 56.6 Å². The molecule has 7 heteroatoms. The Balaban J connectivity index is 2.01. The van der Waals surface area contributed by atoms with Crippen molar-refractivity contribution in [2.45, 2.75) is 18.7 Å². The Hall–Kier alpha value is -2.18. The quantitative estimate of drug-likeness (QED) is 0.784. The summed E-state index contributed by atoms with van der Waals surface area (Å²) in [5.74, 6) is 0. The molecule has 0 atom stereocenters. The second-order valence-electron chi connectivity index (χ2n) is 5.23. The standard InChI is InChI=1S/C16H14ClN3O2S/c1-10-8-16(11(2)7-13(10)17)23(21,22)20-12-3-4-14-15(9-12)19-6-5-18-14/h3-9,20H,1-2H3. The molecule has 0 amide bonds. The SMILES string of the molecule is Cc1cc(S(=O)(=O)Nc2ccc3nccnc3c2)c(C)cc1Cl. The van der Waals surface area contributed by atoms with Crippen LogP contribution in [0.4, 0.5) is 5.69 Å². The first-order chi connectivity index (χ1) is 10.9. The van der Waals surface area contributed by atoms with E-state index in [-0.39, 0.29) is 4.90 Å². The first-order valence-corrected chi connectivity index (χ1v) is 8.73. The van der Waals surface area contributed by atoms with Gasteiger partial charge in [0.25, 0.3) is 10.0 Å². The minimum Gasteiger partial charge on any atom is -0.280 e. The number of nitrogens with one attached hydrogen (secondary N) is 1. The van der Waals surface area contributed by atoms with Crippen LogP contribution < -0.4 is 4.72 Å². The fraction of sp³-hybridized carbons (Fsp3) is 0.125. The van der Waals surface area contributed by atoms with Gasteiger partial charge in [-0.05, 0) is 55.3 Å². The second kappa shape index (κ2) is 5.79. The fourth-order valence-electron chi connectivity index (χ4n) is 2.28. The van der Waals surface area contributed by atoms with Crippen LogP contribution >= 0.6 is 11.6 Å². The third-order valence-electron chi connectivity index (χ3n) is 3.47. The van der Waals surface area contributed by atoms with Gasteiger partial charge in [-0.3, -0.25) is 14.7 Å². The van der Waals surface area contributed by atoms with E-state index in [1.807, 2.05) is 0 Å². The number of anilines is 1. The summed E-state index contributed by atoms with van der Waals surface area (Å²) in [6, 6.07) is 8.25. The average molecular weight is 348 g/mol. The summed E-state index contributed by atoms with van der Waals surface area (Å²) in [6.07, 6.45) is 3.15. The molecule has 0 spiro atoms. The van der Waals surface area contributed by atoms with Crippen LogP contribution in [0.5, 0.6) is 0 Å². The number of sulfonamides is 1. The van der Waals surface area contributed by atoms with Gasteiger partial charge in [0.2, 0.25) is 0 Å². The minimum absolute atomic E-state index is 0.207. The maximum atomic E-state index is 12.6. The van der Waals surface area contributed by atoms with Gasteiger partial charge in [-0.25, -0.2) is 8.42 Å². The van der Waals surface area contributed by atoms with Crippen LogP contribution in [0.15, 0.2) is 47.6 Å². The van der Waals surface area contributed by atoms with E-state index in [0.29, 0.717) is 32.9 Å². The maximum Gasteiger partial charge on any atom is 0.262 e. The van der Waals surface area contributed by atoms with Gasteiger partial charge < -0.3 is 0 Å². The van der Waals surface area contributed by atoms with E-state index in [1.165, 1.54) is 0 Å². The van der Waals surface area contributed by atoms with Gasteiger partial charge in [-0.1, -0.05) is 11.6 Å². The van der Waals surface area contributed by atoms with Gasteiger partial charge in [0, 0.05) is 17.4 Å². The van der Waals surface area contributed by atoms with Crippen LogP contribution in [0.1, 0.15) is 11.1 Å². The van der Waals surface area contributed by atoms with Crippen LogP contribution in [0, 0.1) is 13.8 Å². The topological polar surface area (TPSA) is 72.0 Å². The van der Waals surface area contributed by atoms with Gasteiger partial charge in [-0.2, -0.15) is 0 Å². The predicted octanol–water partition coefficient (Wildman–Crippen LogP) is 3.70. The Kier molecular flexibility index (Phi) is 3.95. The zero-order chi connectivity index (χ0) is 16.6. The number of hydrogen-bond donors (Lipinski definition) is 1. The molecule has 0 radical (unpaired) electrons. The third kappa shape index (κ3) is 3.13. The molecule has 23 heavy (non-hydrogen) atoms. The summed E-state index contributed by atoms with van der Waals surface area (Å²) in [5, 5.41) is 0.544. The van der Waals surface area contributed by atoms with Crippen molar-refractivity contribution in [1.82, 2.24) is 9.97 Å². The lowest BCUT2D eigenvalue weighted by Crippen LogP contribution is -2.14. The lowest BCUT2D eigenvalue weighted by Gasteiger charge is -2.12. The number of hydrogen-bond acceptors (Lipinski definition) is 4. The third-order valence-corrected chi connectivity index (χ3v) is 5.40. The highest BCUT2D eigenvalue weighted by atomic mass is 35.5. The van der Waals surface area contributed by atoms with Crippen molar-refractivity contribution in [2.75, 3.05) is 4.72 Å². The van der Waals surface area contributed by atoms with Crippen molar-refractivity contribution in [3.8, 4) is 0 Å². The number of aromatic nitrogens is 2. The highest BCUT2D eigenvalue weighted by Crippen LogP contribution is 2.26. The summed E-state index contributed by atoms with van der Waals surface area (Å²) >= 11 is 6.03. The van der Waals surface area contributed by atoms with Crippen LogP contribution in [0.2, 0.25) is 5.02 Å². The van der Waals surface area contributed by atoms with Gasteiger partial charge >= 0.3 is 0 Å². The molecule has 0 saturated heterocycles. The predicted molar refractivity (Wildman–Crippen MR) is 91.3 cm³/mol. The second-order valence-corrected chi connectivity index (χ2v) is 7.29. The molecule has 0 aliphatic heterocycles. The first-order valence-electron chi connectivity index (χ1n) is 6.87. The van der Waals surface area contributed by atoms with Crippen LogP contribution in [0.3, 0.4) is 0 Å². The number of halogens is 1. The van der Waals surface area contributed by atoms with Crippen LogP contribution in [-0.4, -0.2) is 18.4 Å². The number of rotatable bonds is 3. The molecule has 2 aromatic carbocycles. The fourth-order valence-corrected chi connectivity index (χ4v) is 3.86. The van der Waals surface area contributed by atoms with Crippen LogP contribution in [-0.2, 0) is 10.0 Å². The van der Waals surface area contributed by atoms with Crippen molar-refractivity contribution in [3.05, 3.63) is 58.9 Å². The smallest absolute Gasteiger partial charge is 0.262 e. The Morgan fingerprint density at radius 3 is 2.39 bits per heavy atom. The molecule has 1 N–H and O–H groups in total. The first kappa shape index (κ1) is 15.7. The van der Waals surface area contributed by atoms with E-state index in [0.717, 1.165) is 0 Å². The van der Waals surface area contributed by atoms with E-state index < -0.39 is 10.0 Å². The Labute approximate surface area is 139 Å². The van der Waals surface area contributed by atoms with E-state index in [4.69, 9.17) is 11.6 Å². The molecule has 0 fully saturated rings. The molecule has 1 aromatic heterocycles. The van der Waals surface area contributed by atoms with Crippen molar-refractivity contribution >= 4 is 38.3 Å². The van der Waals surface area contributed by atoms with Gasteiger partial charge in [0.1, 0.15) is 0 Å². The molecular formula is C16H14ClN3O2S. The highest BCUT2D eigenvalue weighted by Gasteiger charge is 2.18. The maximum absolute atomic E-state index is 12.6. The average Bonchev–Trinajstić information content (AvgIpc) is 2.50. The molecule has 5 nitrogen and oxygen atoms in total. The Morgan fingerprint density at radius 1 is 0.957 bits per heavy atom. The van der Waals surface area contributed by atoms with Crippen molar-refractivity contribution < 1.29 is 8.42 Å². The van der Waals surface area contributed by atoms with Gasteiger partial charge in [0.05, 0.1) is 21.6 Å². The van der Waals surface area contributed by atoms with Crippen molar-refractivity contribution in [3.63, 3.8) is 0 Å². The highest BCUT2D eigenvalue weighted by molar-refractivity contribution is 7.92. The summed E-state index contributed by atoms with van der Waals surface area (Å²) in [5.41, 5.74) is 3.06. The Morgan fingerprint density at radius 2 is 1.65 bits per heavy atom. The normalized spacial score (nSPS) is 11.6. The molecule has 118 valence electrons. The summed E-state index contributed by atoms with van der Waals surface area (Å²) in [4.78, 5) is 8.54.